The van der Waals surface area contributed by atoms with Crippen molar-refractivity contribution < 1.29 is 9.94 Å². The van der Waals surface area contributed by atoms with E-state index in [0.29, 0.717) is 17.9 Å². The monoisotopic (exact) mass is 461 g/mol. The molecule has 20 heavy (non-hydrogen) atoms. The SMILES string of the molecule is O/N=C\c1cc(Br)cc(Br)c1OCc1ccc(Br)cc1. The number of halogens is 3. The lowest BCUT2D eigenvalue weighted by molar-refractivity contribution is 0.302. The predicted octanol–water partition coefficient (Wildman–Crippen LogP) is 5.36. The average Bonchev–Trinajstić information content (AvgIpc) is 2.40. The van der Waals surface area contributed by atoms with Crippen molar-refractivity contribution in [2.24, 2.45) is 5.16 Å². The summed E-state index contributed by atoms with van der Waals surface area (Å²) in [7, 11) is 0. The molecule has 0 saturated heterocycles. The first kappa shape index (κ1) is 15.5. The third-order valence-electron chi connectivity index (χ3n) is 2.53. The van der Waals surface area contributed by atoms with Crippen LogP contribution in [0, 0.1) is 0 Å². The fourth-order valence-corrected chi connectivity index (χ4v) is 3.26. The van der Waals surface area contributed by atoms with Crippen LogP contribution in [0.15, 0.2) is 55.0 Å². The zero-order valence-corrected chi connectivity index (χ0v) is 14.9. The Morgan fingerprint density at radius 1 is 1.05 bits per heavy atom. The zero-order chi connectivity index (χ0) is 14.5. The van der Waals surface area contributed by atoms with Gasteiger partial charge in [-0.25, -0.2) is 0 Å². The van der Waals surface area contributed by atoms with Crippen LogP contribution in [0.2, 0.25) is 0 Å². The third-order valence-corrected chi connectivity index (χ3v) is 4.11. The Bertz CT molecular complexity index is 627. The molecule has 0 radical (unpaired) electrons. The highest BCUT2D eigenvalue weighted by molar-refractivity contribution is 9.11. The highest BCUT2D eigenvalue weighted by Crippen LogP contribution is 2.32. The number of rotatable bonds is 4. The summed E-state index contributed by atoms with van der Waals surface area (Å²) in [6.07, 6.45) is 1.34. The molecule has 2 aromatic rings. The van der Waals surface area contributed by atoms with Crippen molar-refractivity contribution in [1.82, 2.24) is 0 Å². The number of oxime groups is 1. The van der Waals surface area contributed by atoms with E-state index in [1.165, 1.54) is 6.21 Å². The summed E-state index contributed by atoms with van der Waals surface area (Å²) in [5.41, 5.74) is 1.74. The molecule has 0 spiro atoms. The van der Waals surface area contributed by atoms with Gasteiger partial charge in [-0.1, -0.05) is 49.1 Å². The third kappa shape index (κ3) is 4.07. The summed E-state index contributed by atoms with van der Waals surface area (Å²) in [4.78, 5) is 0. The summed E-state index contributed by atoms with van der Waals surface area (Å²) in [5.74, 6) is 0.633. The second-order valence-corrected chi connectivity index (χ2v) is 6.65. The Balaban J connectivity index is 2.22. The fraction of sp³-hybridized carbons (Fsp3) is 0.0714. The molecule has 0 atom stereocenters. The van der Waals surface area contributed by atoms with Crippen molar-refractivity contribution in [2.45, 2.75) is 6.61 Å². The molecule has 0 aliphatic carbocycles. The van der Waals surface area contributed by atoms with Gasteiger partial charge in [0.25, 0.3) is 0 Å². The molecule has 3 nitrogen and oxygen atoms in total. The van der Waals surface area contributed by atoms with Gasteiger partial charge in [-0.3, -0.25) is 0 Å². The van der Waals surface area contributed by atoms with Crippen LogP contribution >= 0.6 is 47.8 Å². The molecule has 104 valence electrons. The van der Waals surface area contributed by atoms with E-state index in [2.05, 4.69) is 52.9 Å². The van der Waals surface area contributed by atoms with Crippen molar-refractivity contribution in [3.05, 3.63) is 60.9 Å². The highest BCUT2D eigenvalue weighted by Gasteiger charge is 2.09. The highest BCUT2D eigenvalue weighted by atomic mass is 79.9. The minimum Gasteiger partial charge on any atom is -0.487 e. The summed E-state index contributed by atoms with van der Waals surface area (Å²) in [6.45, 7) is 0.430. The Morgan fingerprint density at radius 3 is 2.40 bits per heavy atom. The van der Waals surface area contributed by atoms with Gasteiger partial charge in [-0.2, -0.15) is 0 Å². The zero-order valence-electron chi connectivity index (χ0n) is 10.2. The van der Waals surface area contributed by atoms with Gasteiger partial charge in [-0.15, -0.1) is 0 Å². The number of ether oxygens (including phenoxy) is 1. The molecule has 2 rings (SSSR count). The predicted molar refractivity (Wildman–Crippen MR) is 89.7 cm³/mol. The van der Waals surface area contributed by atoms with Gasteiger partial charge in [0.15, 0.2) is 0 Å². The van der Waals surface area contributed by atoms with Gasteiger partial charge in [0, 0.05) is 14.5 Å². The molecule has 1 N–H and O–H groups in total. The molecule has 0 saturated carbocycles. The van der Waals surface area contributed by atoms with Crippen LogP contribution in [0.1, 0.15) is 11.1 Å². The smallest absolute Gasteiger partial charge is 0.142 e. The van der Waals surface area contributed by atoms with E-state index in [1.807, 2.05) is 36.4 Å². The lowest BCUT2D eigenvalue weighted by Crippen LogP contribution is -1.99. The number of hydrogen-bond donors (Lipinski definition) is 1. The normalized spacial score (nSPS) is 10.9. The molecule has 0 aliphatic rings. The minimum atomic E-state index is 0.430. The van der Waals surface area contributed by atoms with Crippen LogP contribution in [0.3, 0.4) is 0 Å². The van der Waals surface area contributed by atoms with E-state index in [1.54, 1.807) is 0 Å². The van der Waals surface area contributed by atoms with E-state index >= 15 is 0 Å². The maximum absolute atomic E-state index is 8.72. The lowest BCUT2D eigenvalue weighted by atomic mass is 10.2. The summed E-state index contributed by atoms with van der Waals surface area (Å²) in [5, 5.41) is 11.8. The van der Waals surface area contributed by atoms with Gasteiger partial charge in [0.1, 0.15) is 12.4 Å². The lowest BCUT2D eigenvalue weighted by Gasteiger charge is -2.12. The number of hydrogen-bond acceptors (Lipinski definition) is 3. The summed E-state index contributed by atoms with van der Waals surface area (Å²) in [6, 6.07) is 11.6. The second kappa shape index (κ2) is 7.24. The average molecular weight is 464 g/mol. The molecule has 2 aromatic carbocycles. The van der Waals surface area contributed by atoms with Crippen molar-refractivity contribution >= 4 is 54.0 Å². The van der Waals surface area contributed by atoms with E-state index in [9.17, 15) is 0 Å². The second-order valence-electron chi connectivity index (χ2n) is 3.97. The minimum absolute atomic E-state index is 0.430. The molecule has 0 heterocycles. The van der Waals surface area contributed by atoms with Crippen LogP contribution in [0.4, 0.5) is 0 Å². The molecule has 6 heteroatoms. The van der Waals surface area contributed by atoms with Crippen molar-refractivity contribution in [1.29, 1.82) is 0 Å². The standard InChI is InChI=1S/C14H10Br3NO2/c15-11-3-1-9(2-4-11)8-20-14-10(7-18-19)5-12(16)6-13(14)17/h1-7,19H,8H2/b18-7-. The molecule has 0 amide bonds. The Hall–Kier alpha value is -0.850. The summed E-state index contributed by atoms with van der Waals surface area (Å²) >= 11 is 10.2. The van der Waals surface area contributed by atoms with Crippen LogP contribution in [0.5, 0.6) is 5.75 Å². The molecule has 0 unspecified atom stereocenters. The number of nitrogens with zero attached hydrogens (tertiary/aromatic N) is 1. The van der Waals surface area contributed by atoms with E-state index in [-0.39, 0.29) is 0 Å². The largest absolute Gasteiger partial charge is 0.487 e. The number of benzene rings is 2. The maximum atomic E-state index is 8.72. The molecule has 0 fully saturated rings. The van der Waals surface area contributed by atoms with Crippen LogP contribution in [-0.4, -0.2) is 11.4 Å². The first-order chi connectivity index (χ1) is 9.60. The Labute approximate surface area is 142 Å². The fourth-order valence-electron chi connectivity index (χ4n) is 1.63. The van der Waals surface area contributed by atoms with E-state index in [4.69, 9.17) is 9.94 Å². The van der Waals surface area contributed by atoms with Crippen LogP contribution < -0.4 is 4.74 Å². The Morgan fingerprint density at radius 2 is 1.75 bits per heavy atom. The van der Waals surface area contributed by atoms with Crippen molar-refractivity contribution in [3.63, 3.8) is 0 Å². The van der Waals surface area contributed by atoms with Crippen LogP contribution in [-0.2, 0) is 6.61 Å². The molecule has 0 aliphatic heterocycles. The van der Waals surface area contributed by atoms with Gasteiger partial charge in [-0.05, 0) is 45.8 Å². The van der Waals surface area contributed by atoms with Gasteiger partial charge >= 0.3 is 0 Å². The van der Waals surface area contributed by atoms with E-state index in [0.717, 1.165) is 19.0 Å². The maximum Gasteiger partial charge on any atom is 0.142 e. The first-order valence-electron chi connectivity index (χ1n) is 5.64. The van der Waals surface area contributed by atoms with Crippen molar-refractivity contribution in [3.8, 4) is 5.75 Å². The molecule has 0 aromatic heterocycles. The van der Waals surface area contributed by atoms with E-state index < -0.39 is 0 Å². The molecule has 0 bridgehead atoms. The quantitative estimate of drug-likeness (QED) is 0.376. The summed E-state index contributed by atoms with van der Waals surface area (Å²) < 4.78 is 8.50. The molecular weight excluding hydrogens is 454 g/mol. The van der Waals surface area contributed by atoms with Crippen LogP contribution in [0.25, 0.3) is 0 Å². The molecular formula is C14H10Br3NO2. The first-order valence-corrected chi connectivity index (χ1v) is 8.02. The van der Waals surface area contributed by atoms with Gasteiger partial charge < -0.3 is 9.94 Å². The Kier molecular flexibility index (Phi) is 5.63. The van der Waals surface area contributed by atoms with Gasteiger partial charge in [0.2, 0.25) is 0 Å². The van der Waals surface area contributed by atoms with Gasteiger partial charge in [0.05, 0.1) is 10.7 Å². The topological polar surface area (TPSA) is 41.8 Å². The van der Waals surface area contributed by atoms with Crippen molar-refractivity contribution in [2.75, 3.05) is 0 Å².